The molecule has 0 fully saturated rings. The quantitative estimate of drug-likeness (QED) is 0.149. The summed E-state index contributed by atoms with van der Waals surface area (Å²) in [5.74, 6) is -0.181. The molecule has 4 heteroatoms. The van der Waals surface area contributed by atoms with Crippen molar-refractivity contribution < 1.29 is 19.1 Å². The van der Waals surface area contributed by atoms with Crippen molar-refractivity contribution in [3.05, 3.63) is 90.0 Å². The van der Waals surface area contributed by atoms with Gasteiger partial charge in [0.15, 0.2) is 0 Å². The van der Waals surface area contributed by atoms with Gasteiger partial charge in [-0.2, -0.15) is 0 Å². The molecule has 3 rings (SSSR count). The van der Waals surface area contributed by atoms with Crippen molar-refractivity contribution in [1.29, 1.82) is 0 Å². The number of hydrogen-bond acceptors (Lipinski definition) is 4. The van der Waals surface area contributed by atoms with Crippen LogP contribution >= 0.6 is 0 Å². The lowest BCUT2D eigenvalue weighted by molar-refractivity contribution is 0.0497. The third-order valence-electron chi connectivity index (χ3n) is 5.76. The van der Waals surface area contributed by atoms with Crippen LogP contribution in [0.25, 0.3) is 11.1 Å². The Bertz CT molecular complexity index is 1010. The largest absolute Gasteiger partial charge is 0.462 e. The van der Waals surface area contributed by atoms with Gasteiger partial charge in [0.1, 0.15) is 5.75 Å². The predicted molar refractivity (Wildman–Crippen MR) is 136 cm³/mol. The van der Waals surface area contributed by atoms with E-state index in [0.29, 0.717) is 23.5 Å². The van der Waals surface area contributed by atoms with E-state index in [2.05, 4.69) is 6.92 Å². The summed E-state index contributed by atoms with van der Waals surface area (Å²) in [5.41, 5.74) is 3.01. The van der Waals surface area contributed by atoms with Gasteiger partial charge < -0.3 is 9.47 Å². The second kappa shape index (κ2) is 14.0. The minimum Gasteiger partial charge on any atom is -0.462 e. The Balaban J connectivity index is 1.42. The monoisotopic (exact) mass is 458 g/mol. The van der Waals surface area contributed by atoms with Crippen LogP contribution in [0.4, 0.5) is 0 Å². The Kier molecular flexibility index (Phi) is 10.4. The van der Waals surface area contributed by atoms with Gasteiger partial charge in [-0.25, -0.2) is 9.59 Å². The number of unbranched alkanes of at least 4 members (excludes halogenated alkanes) is 7. The summed E-state index contributed by atoms with van der Waals surface area (Å²) in [4.78, 5) is 24.5. The predicted octanol–water partition coefficient (Wildman–Crippen LogP) is 7.87. The minimum atomic E-state index is -0.386. The molecule has 0 aliphatic heterocycles. The molecule has 178 valence electrons. The molecule has 0 N–H and O–H groups in total. The first kappa shape index (κ1) is 25.2. The van der Waals surface area contributed by atoms with Gasteiger partial charge in [0.05, 0.1) is 17.7 Å². The van der Waals surface area contributed by atoms with E-state index in [4.69, 9.17) is 9.47 Å². The van der Waals surface area contributed by atoms with Crippen LogP contribution in [0.1, 0.15) is 79.0 Å². The molecule has 0 aliphatic rings. The van der Waals surface area contributed by atoms with Crippen LogP contribution in [0.15, 0.2) is 78.9 Å². The molecule has 0 amide bonds. The number of esters is 2. The molecular formula is C30H34O4. The number of rotatable bonds is 13. The first-order valence-corrected chi connectivity index (χ1v) is 12.3. The third kappa shape index (κ3) is 8.18. The average molecular weight is 459 g/mol. The molecule has 0 atom stereocenters. The van der Waals surface area contributed by atoms with Crippen LogP contribution in [0, 0.1) is 0 Å². The average Bonchev–Trinajstić information content (AvgIpc) is 2.88. The SMILES string of the molecule is CCCCCCCCCCOC(=O)c1ccc(-c2ccc(OC(=O)c3ccccc3)cc2)cc1. The summed E-state index contributed by atoms with van der Waals surface area (Å²) in [6.45, 7) is 2.70. The Morgan fingerprint density at radius 1 is 0.588 bits per heavy atom. The maximum absolute atomic E-state index is 12.3. The van der Waals surface area contributed by atoms with Crippen LogP contribution in [-0.4, -0.2) is 18.5 Å². The first-order valence-electron chi connectivity index (χ1n) is 12.3. The van der Waals surface area contributed by atoms with Gasteiger partial charge >= 0.3 is 11.9 Å². The van der Waals surface area contributed by atoms with Gasteiger partial charge in [-0.05, 0) is 53.9 Å². The fourth-order valence-corrected chi connectivity index (χ4v) is 3.74. The second-order valence-electron chi connectivity index (χ2n) is 8.47. The molecular weight excluding hydrogens is 424 g/mol. The normalized spacial score (nSPS) is 10.6. The van der Waals surface area contributed by atoms with Crippen molar-refractivity contribution in [1.82, 2.24) is 0 Å². The molecule has 0 unspecified atom stereocenters. The highest BCUT2D eigenvalue weighted by molar-refractivity contribution is 5.91. The maximum atomic E-state index is 12.3. The highest BCUT2D eigenvalue weighted by atomic mass is 16.5. The van der Waals surface area contributed by atoms with E-state index in [1.165, 1.54) is 38.5 Å². The lowest BCUT2D eigenvalue weighted by atomic mass is 10.0. The smallest absolute Gasteiger partial charge is 0.343 e. The van der Waals surface area contributed by atoms with E-state index >= 15 is 0 Å². The summed E-state index contributed by atoms with van der Waals surface area (Å²) in [6.07, 6.45) is 9.73. The minimum absolute atomic E-state index is 0.280. The number of ether oxygens (including phenoxy) is 2. The van der Waals surface area contributed by atoms with E-state index in [9.17, 15) is 9.59 Å². The molecule has 0 saturated heterocycles. The molecule has 4 nitrogen and oxygen atoms in total. The van der Waals surface area contributed by atoms with Gasteiger partial charge in [0, 0.05) is 0 Å². The van der Waals surface area contributed by atoms with Gasteiger partial charge in [-0.15, -0.1) is 0 Å². The van der Waals surface area contributed by atoms with Crippen molar-refractivity contribution in [3.8, 4) is 16.9 Å². The lowest BCUT2D eigenvalue weighted by Gasteiger charge is -2.08. The van der Waals surface area contributed by atoms with Crippen LogP contribution in [0.2, 0.25) is 0 Å². The Hall–Kier alpha value is -3.40. The molecule has 3 aromatic carbocycles. The molecule has 0 aliphatic carbocycles. The van der Waals surface area contributed by atoms with Gasteiger partial charge in [0.25, 0.3) is 0 Å². The molecule has 0 bridgehead atoms. The van der Waals surface area contributed by atoms with E-state index in [1.807, 2.05) is 30.3 Å². The highest BCUT2D eigenvalue weighted by Crippen LogP contribution is 2.23. The van der Waals surface area contributed by atoms with Crippen LogP contribution in [0.3, 0.4) is 0 Å². The zero-order chi connectivity index (χ0) is 24.0. The standard InChI is InChI=1S/C30H34O4/c1-2-3-4-5-6-7-8-12-23-33-29(31)27-17-15-24(16-18-27)25-19-21-28(22-20-25)34-30(32)26-13-10-9-11-14-26/h9-11,13-22H,2-8,12,23H2,1H3. The van der Waals surface area contributed by atoms with Crippen molar-refractivity contribution in [2.75, 3.05) is 6.61 Å². The molecule has 0 saturated carbocycles. The summed E-state index contributed by atoms with van der Waals surface area (Å²) in [5, 5.41) is 0. The molecule has 34 heavy (non-hydrogen) atoms. The summed E-state index contributed by atoms with van der Waals surface area (Å²) >= 11 is 0. The zero-order valence-electron chi connectivity index (χ0n) is 20.0. The van der Waals surface area contributed by atoms with Crippen molar-refractivity contribution >= 4 is 11.9 Å². The van der Waals surface area contributed by atoms with Gasteiger partial charge in [0.2, 0.25) is 0 Å². The number of hydrogen-bond donors (Lipinski definition) is 0. The Morgan fingerprint density at radius 3 is 1.74 bits per heavy atom. The van der Waals surface area contributed by atoms with Gasteiger partial charge in [-0.3, -0.25) is 0 Å². The van der Waals surface area contributed by atoms with E-state index in [0.717, 1.165) is 24.0 Å². The Morgan fingerprint density at radius 2 is 1.12 bits per heavy atom. The summed E-state index contributed by atoms with van der Waals surface area (Å²) < 4.78 is 10.8. The summed E-state index contributed by atoms with van der Waals surface area (Å²) in [6, 6.07) is 23.6. The zero-order valence-corrected chi connectivity index (χ0v) is 20.0. The molecule has 0 radical (unpaired) electrons. The van der Waals surface area contributed by atoms with E-state index < -0.39 is 0 Å². The molecule has 0 spiro atoms. The fraction of sp³-hybridized carbons (Fsp3) is 0.333. The van der Waals surface area contributed by atoms with Crippen LogP contribution < -0.4 is 4.74 Å². The van der Waals surface area contributed by atoms with E-state index in [-0.39, 0.29) is 11.9 Å². The highest BCUT2D eigenvalue weighted by Gasteiger charge is 2.09. The summed E-state index contributed by atoms with van der Waals surface area (Å²) in [7, 11) is 0. The molecule has 3 aromatic rings. The number of benzene rings is 3. The Labute approximate surface area is 202 Å². The van der Waals surface area contributed by atoms with E-state index in [1.54, 1.807) is 48.5 Å². The fourth-order valence-electron chi connectivity index (χ4n) is 3.74. The third-order valence-corrected chi connectivity index (χ3v) is 5.76. The number of carbonyl (C=O) groups is 2. The van der Waals surface area contributed by atoms with Crippen LogP contribution in [-0.2, 0) is 4.74 Å². The topological polar surface area (TPSA) is 52.6 Å². The first-order chi connectivity index (χ1) is 16.7. The lowest BCUT2D eigenvalue weighted by Crippen LogP contribution is -2.07. The second-order valence-corrected chi connectivity index (χ2v) is 8.47. The van der Waals surface area contributed by atoms with Crippen molar-refractivity contribution in [2.24, 2.45) is 0 Å². The maximum Gasteiger partial charge on any atom is 0.343 e. The van der Waals surface area contributed by atoms with Gasteiger partial charge in [-0.1, -0.05) is 94.3 Å². The van der Waals surface area contributed by atoms with Crippen molar-refractivity contribution in [2.45, 2.75) is 58.3 Å². The van der Waals surface area contributed by atoms with Crippen LogP contribution in [0.5, 0.6) is 5.75 Å². The molecule has 0 heterocycles. The van der Waals surface area contributed by atoms with Crippen molar-refractivity contribution in [3.63, 3.8) is 0 Å². The number of carbonyl (C=O) groups excluding carboxylic acids is 2. The molecule has 0 aromatic heterocycles.